The molecule has 22 heavy (non-hydrogen) atoms. The Morgan fingerprint density at radius 3 is 2.18 bits per heavy atom. The molecule has 2 aliphatic heterocycles. The quantitative estimate of drug-likeness (QED) is 0.535. The van der Waals surface area contributed by atoms with Crippen molar-refractivity contribution in [3.8, 4) is 5.75 Å². The Hall–Kier alpha value is -0.560. The molecule has 2 fully saturated rings. The zero-order valence-corrected chi connectivity index (χ0v) is 14.5. The van der Waals surface area contributed by atoms with Gasteiger partial charge in [0.25, 0.3) is 0 Å². The van der Waals surface area contributed by atoms with Crippen molar-refractivity contribution < 1.29 is 10.2 Å². The monoisotopic (exact) mass is 349 g/mol. The van der Waals surface area contributed by atoms with Gasteiger partial charge in [-0.2, -0.15) is 0 Å². The molecule has 2 saturated heterocycles. The summed E-state index contributed by atoms with van der Waals surface area (Å²) in [5.74, 6) is 0.219. The maximum Gasteiger partial charge on any atom is 0.121 e. The first kappa shape index (κ1) is 19.5. The van der Waals surface area contributed by atoms with Crippen LogP contribution in [0.3, 0.4) is 0 Å². The van der Waals surface area contributed by atoms with E-state index in [1.54, 1.807) is 12.1 Å². The first-order valence-corrected chi connectivity index (χ1v) is 8.08. The van der Waals surface area contributed by atoms with Crippen molar-refractivity contribution in [2.24, 2.45) is 5.73 Å². The molecule has 0 spiro atoms. The molecule has 1 unspecified atom stereocenters. The lowest BCUT2D eigenvalue weighted by molar-refractivity contribution is 0.399. The molecule has 2 heterocycles. The van der Waals surface area contributed by atoms with Crippen molar-refractivity contribution in [2.75, 3.05) is 20.2 Å². The Labute approximate surface area is 141 Å². The second-order valence-corrected chi connectivity index (χ2v) is 6.20. The van der Waals surface area contributed by atoms with Gasteiger partial charge in [-0.3, -0.25) is 0 Å². The highest BCUT2D eigenvalue weighted by Gasteiger charge is 2.26. The van der Waals surface area contributed by atoms with Crippen LogP contribution in [0.25, 0.3) is 0 Å². The number of aliphatic hydroxyl groups excluding tert-OH is 1. The Morgan fingerprint density at radius 1 is 1.18 bits per heavy atom. The summed E-state index contributed by atoms with van der Waals surface area (Å²) in [5, 5.41) is 24.1. The minimum atomic E-state index is 0.117. The fourth-order valence-electron chi connectivity index (χ4n) is 2.35. The molecule has 1 aromatic carbocycles. The van der Waals surface area contributed by atoms with E-state index in [2.05, 4.69) is 17.6 Å². The van der Waals surface area contributed by atoms with Gasteiger partial charge >= 0.3 is 0 Å². The van der Waals surface area contributed by atoms with Crippen LogP contribution in [0.5, 0.6) is 5.75 Å². The Morgan fingerprint density at radius 2 is 1.77 bits per heavy atom. The fraction of sp³-hybridized carbons (Fsp3) is 0.600. The van der Waals surface area contributed by atoms with E-state index in [0.717, 1.165) is 38.6 Å². The van der Waals surface area contributed by atoms with Gasteiger partial charge in [0.15, 0.2) is 0 Å². The molecule has 0 aliphatic carbocycles. The van der Waals surface area contributed by atoms with Crippen LogP contribution in [0.4, 0.5) is 0 Å². The molecule has 0 radical (unpaired) electrons. The predicted molar refractivity (Wildman–Crippen MR) is 91.7 cm³/mol. The summed E-state index contributed by atoms with van der Waals surface area (Å²) in [5.41, 5.74) is 6.05. The molecule has 0 aromatic heterocycles. The molecule has 0 amide bonds. The molecule has 5 nitrogen and oxygen atoms in total. The molecule has 3 rings (SSSR count). The van der Waals surface area contributed by atoms with Gasteiger partial charge < -0.3 is 26.6 Å². The van der Waals surface area contributed by atoms with E-state index in [0.29, 0.717) is 22.1 Å². The third kappa shape index (κ3) is 5.26. The second-order valence-electron chi connectivity index (χ2n) is 5.41. The number of nitrogens with one attached hydrogen (secondary N) is 2. The SMILES string of the molecule is CO.C[C@H]1CCC(c2c(O)ccc(Cl)c2Cl)N1.NC1CNC1. The van der Waals surface area contributed by atoms with E-state index in [9.17, 15) is 5.11 Å². The van der Waals surface area contributed by atoms with Crippen molar-refractivity contribution in [3.63, 3.8) is 0 Å². The van der Waals surface area contributed by atoms with Crippen molar-refractivity contribution in [2.45, 2.75) is 37.9 Å². The molecule has 0 saturated carbocycles. The minimum absolute atomic E-state index is 0.117. The predicted octanol–water partition coefficient (Wildman–Crippen LogP) is 2.04. The zero-order chi connectivity index (χ0) is 16.7. The van der Waals surface area contributed by atoms with E-state index in [1.807, 2.05) is 0 Å². The molecule has 0 bridgehead atoms. The largest absolute Gasteiger partial charge is 0.508 e. The average Bonchev–Trinajstić information content (AvgIpc) is 2.90. The summed E-state index contributed by atoms with van der Waals surface area (Å²) in [6.45, 7) is 4.15. The number of hydrogen-bond acceptors (Lipinski definition) is 5. The van der Waals surface area contributed by atoms with Crippen molar-refractivity contribution >= 4 is 23.2 Å². The first-order chi connectivity index (χ1) is 10.5. The lowest BCUT2D eigenvalue weighted by Crippen LogP contribution is -2.52. The fourth-order valence-corrected chi connectivity index (χ4v) is 2.81. The van der Waals surface area contributed by atoms with Crippen LogP contribution in [0, 0.1) is 0 Å². The summed E-state index contributed by atoms with van der Waals surface area (Å²) < 4.78 is 0. The number of benzene rings is 1. The Kier molecular flexibility index (Phi) is 8.46. The van der Waals surface area contributed by atoms with Gasteiger partial charge in [0, 0.05) is 43.9 Å². The molecular formula is C15H25Cl2N3O2. The number of aromatic hydroxyl groups is 1. The smallest absolute Gasteiger partial charge is 0.121 e. The van der Waals surface area contributed by atoms with E-state index in [4.69, 9.17) is 34.0 Å². The zero-order valence-electron chi connectivity index (χ0n) is 12.9. The maximum absolute atomic E-state index is 9.78. The number of halogens is 2. The van der Waals surface area contributed by atoms with Gasteiger partial charge in [0.1, 0.15) is 5.75 Å². The molecule has 7 heteroatoms. The van der Waals surface area contributed by atoms with Gasteiger partial charge in [0.2, 0.25) is 0 Å². The van der Waals surface area contributed by atoms with Gasteiger partial charge in [0.05, 0.1) is 10.0 Å². The molecule has 2 aliphatic rings. The number of aliphatic hydroxyl groups is 1. The summed E-state index contributed by atoms with van der Waals surface area (Å²) >= 11 is 12.0. The normalized spacial score (nSPS) is 23.7. The lowest BCUT2D eigenvalue weighted by Gasteiger charge is -2.21. The molecular weight excluding hydrogens is 325 g/mol. The number of phenolic OH excluding ortho intramolecular Hbond substituents is 1. The van der Waals surface area contributed by atoms with Crippen LogP contribution in [0.15, 0.2) is 12.1 Å². The van der Waals surface area contributed by atoms with E-state index in [1.165, 1.54) is 0 Å². The van der Waals surface area contributed by atoms with Gasteiger partial charge in [-0.25, -0.2) is 0 Å². The lowest BCUT2D eigenvalue weighted by atomic mass is 10.0. The van der Waals surface area contributed by atoms with Gasteiger partial charge in [-0.15, -0.1) is 0 Å². The van der Waals surface area contributed by atoms with E-state index in [-0.39, 0.29) is 11.8 Å². The van der Waals surface area contributed by atoms with Crippen LogP contribution >= 0.6 is 23.2 Å². The topological polar surface area (TPSA) is 90.5 Å². The summed E-state index contributed by atoms with van der Waals surface area (Å²) in [6.07, 6.45) is 2.07. The standard InChI is InChI=1S/C11H13Cl2NO.C3H8N2.CH4O/c1-6-2-4-8(14-6)10-9(15)5-3-7(12)11(10)13;4-3-1-5-2-3;1-2/h3,5-6,8,14-15H,2,4H2,1H3;3,5H,1-2,4H2;2H,1H3/t6-,8?;;/m0../s1. The summed E-state index contributed by atoms with van der Waals surface area (Å²) in [7, 11) is 1.00. The molecule has 6 N–H and O–H groups in total. The Bertz CT molecular complexity index is 470. The van der Waals surface area contributed by atoms with Crippen LogP contribution in [-0.2, 0) is 0 Å². The number of nitrogens with two attached hydrogens (primary N) is 1. The minimum Gasteiger partial charge on any atom is -0.508 e. The van der Waals surface area contributed by atoms with Crippen LogP contribution in [-0.4, -0.2) is 42.5 Å². The van der Waals surface area contributed by atoms with Crippen LogP contribution in [0.1, 0.15) is 31.4 Å². The van der Waals surface area contributed by atoms with Crippen molar-refractivity contribution in [1.82, 2.24) is 10.6 Å². The van der Waals surface area contributed by atoms with E-state index < -0.39 is 0 Å². The van der Waals surface area contributed by atoms with Crippen molar-refractivity contribution in [1.29, 1.82) is 0 Å². The van der Waals surface area contributed by atoms with Crippen molar-refractivity contribution in [3.05, 3.63) is 27.7 Å². The van der Waals surface area contributed by atoms with Gasteiger partial charge in [-0.1, -0.05) is 23.2 Å². The highest BCUT2D eigenvalue weighted by atomic mass is 35.5. The number of hydrogen-bond donors (Lipinski definition) is 5. The van der Waals surface area contributed by atoms with E-state index >= 15 is 0 Å². The molecule has 126 valence electrons. The second kappa shape index (κ2) is 9.55. The molecule has 1 aromatic rings. The molecule has 2 atom stereocenters. The first-order valence-electron chi connectivity index (χ1n) is 7.33. The maximum atomic E-state index is 9.78. The average molecular weight is 350 g/mol. The number of phenols is 1. The Balaban J connectivity index is 0.000000289. The van der Waals surface area contributed by atoms with Gasteiger partial charge in [-0.05, 0) is 31.9 Å². The highest BCUT2D eigenvalue weighted by molar-refractivity contribution is 6.42. The third-order valence-electron chi connectivity index (χ3n) is 3.65. The highest BCUT2D eigenvalue weighted by Crippen LogP contribution is 2.40. The van der Waals surface area contributed by atoms with Crippen LogP contribution in [0.2, 0.25) is 10.0 Å². The third-order valence-corrected chi connectivity index (χ3v) is 4.46. The van der Waals surface area contributed by atoms with Crippen LogP contribution < -0.4 is 16.4 Å². The number of rotatable bonds is 1. The summed E-state index contributed by atoms with van der Waals surface area (Å²) in [4.78, 5) is 0. The summed E-state index contributed by atoms with van der Waals surface area (Å²) in [6, 6.07) is 4.24.